The van der Waals surface area contributed by atoms with Crippen molar-refractivity contribution in [3.05, 3.63) is 0 Å². The molecule has 1 rings (SSSR count). The minimum absolute atomic E-state index is 0.0504. The summed E-state index contributed by atoms with van der Waals surface area (Å²) in [6, 6.07) is 0. The van der Waals surface area contributed by atoms with Crippen molar-refractivity contribution < 1.29 is 5.11 Å². The van der Waals surface area contributed by atoms with Gasteiger partial charge in [-0.3, -0.25) is 0 Å². The third kappa shape index (κ3) is 2.15. The number of nitrogens with two attached hydrogens (primary N) is 2. The second-order valence-corrected chi connectivity index (χ2v) is 2.35. The molecule has 0 aliphatic carbocycles. The van der Waals surface area contributed by atoms with Crippen LogP contribution in [0.5, 0.6) is 0 Å². The zero-order valence-corrected chi connectivity index (χ0v) is 7.30. The first-order valence-electron chi connectivity index (χ1n) is 3.80. The van der Waals surface area contributed by atoms with E-state index in [1.165, 1.54) is 4.90 Å². The van der Waals surface area contributed by atoms with E-state index >= 15 is 0 Å². The number of aliphatic hydroxyl groups excluding tert-OH is 1. The molecule has 1 aromatic rings. The van der Waals surface area contributed by atoms with Crippen molar-refractivity contribution in [3.63, 3.8) is 0 Å². The van der Waals surface area contributed by atoms with Crippen LogP contribution in [-0.2, 0) is 0 Å². The number of rotatable bonds is 3. The lowest BCUT2D eigenvalue weighted by Gasteiger charge is -2.16. The summed E-state index contributed by atoms with van der Waals surface area (Å²) >= 11 is 0. The Morgan fingerprint density at radius 1 is 1.23 bits per heavy atom. The maximum atomic E-state index is 8.91. The molecule has 0 saturated heterocycles. The van der Waals surface area contributed by atoms with Crippen molar-refractivity contribution in [2.45, 2.75) is 6.92 Å². The summed E-state index contributed by atoms with van der Waals surface area (Å²) < 4.78 is 0. The number of aliphatic hydroxyl groups is 1. The van der Waals surface area contributed by atoms with Crippen LogP contribution in [0.4, 0.5) is 17.8 Å². The Labute approximate surface area is 75.4 Å². The molecule has 0 bridgehead atoms. The highest BCUT2D eigenvalue weighted by Crippen LogP contribution is 2.08. The summed E-state index contributed by atoms with van der Waals surface area (Å²) in [7, 11) is 0. The fraction of sp³-hybridized carbons (Fsp3) is 0.500. The van der Waals surface area contributed by atoms with E-state index in [1.807, 2.05) is 6.92 Å². The monoisotopic (exact) mass is 184 g/mol. The molecular formula is C6H12N6O. The van der Waals surface area contributed by atoms with Crippen LogP contribution in [0.2, 0.25) is 0 Å². The minimum Gasteiger partial charge on any atom is -0.376 e. The van der Waals surface area contributed by atoms with E-state index in [-0.39, 0.29) is 24.6 Å². The molecule has 0 fully saturated rings. The van der Waals surface area contributed by atoms with Gasteiger partial charge in [0.15, 0.2) is 0 Å². The van der Waals surface area contributed by atoms with Gasteiger partial charge in [0.05, 0.1) is 0 Å². The van der Waals surface area contributed by atoms with Crippen LogP contribution >= 0.6 is 0 Å². The lowest BCUT2D eigenvalue weighted by molar-refractivity contribution is 0.290. The molecule has 0 aliphatic rings. The molecule has 7 nitrogen and oxygen atoms in total. The first kappa shape index (κ1) is 9.46. The van der Waals surface area contributed by atoms with Crippen LogP contribution in [0.3, 0.4) is 0 Å². The number of nitrogen functional groups attached to an aromatic ring is 2. The van der Waals surface area contributed by atoms with Crippen LogP contribution in [0, 0.1) is 0 Å². The average Bonchev–Trinajstić information content (AvgIpc) is 2.04. The third-order valence-electron chi connectivity index (χ3n) is 1.49. The summed E-state index contributed by atoms with van der Waals surface area (Å²) in [5.74, 6) is 0.388. The van der Waals surface area contributed by atoms with Crippen molar-refractivity contribution in [1.82, 2.24) is 15.0 Å². The fourth-order valence-electron chi connectivity index (χ4n) is 0.843. The molecule has 0 aliphatic heterocycles. The number of hydrogen-bond donors (Lipinski definition) is 3. The lowest BCUT2D eigenvalue weighted by atomic mass is 10.6. The van der Waals surface area contributed by atoms with Crippen LogP contribution in [-0.4, -0.2) is 33.3 Å². The summed E-state index contributed by atoms with van der Waals surface area (Å²) in [5, 5.41) is 8.91. The summed E-state index contributed by atoms with van der Waals surface area (Å²) in [4.78, 5) is 12.8. The van der Waals surface area contributed by atoms with Gasteiger partial charge in [0, 0.05) is 6.54 Å². The molecule has 0 radical (unpaired) electrons. The molecule has 0 aromatic carbocycles. The van der Waals surface area contributed by atoms with Crippen molar-refractivity contribution in [2.24, 2.45) is 0 Å². The van der Waals surface area contributed by atoms with Crippen LogP contribution in [0.15, 0.2) is 0 Å². The average molecular weight is 184 g/mol. The standard InChI is InChI=1S/C6H12N6O/c1-2-12(3-13)6-10-4(7)9-5(8)11-6/h13H,2-3H2,1H3,(H4,7,8,9,10,11). The van der Waals surface area contributed by atoms with Crippen molar-refractivity contribution in [3.8, 4) is 0 Å². The molecular weight excluding hydrogens is 172 g/mol. The highest BCUT2D eigenvalue weighted by atomic mass is 16.3. The van der Waals surface area contributed by atoms with Crippen LogP contribution < -0.4 is 16.4 Å². The lowest BCUT2D eigenvalue weighted by Crippen LogP contribution is -2.26. The number of anilines is 3. The molecule has 0 atom stereocenters. The van der Waals surface area contributed by atoms with Gasteiger partial charge in [0.25, 0.3) is 0 Å². The van der Waals surface area contributed by atoms with E-state index < -0.39 is 0 Å². The van der Waals surface area contributed by atoms with E-state index in [1.54, 1.807) is 0 Å². The molecule has 72 valence electrons. The van der Waals surface area contributed by atoms with Gasteiger partial charge < -0.3 is 21.5 Å². The molecule has 0 amide bonds. The maximum Gasteiger partial charge on any atom is 0.233 e. The Morgan fingerprint density at radius 2 is 1.77 bits per heavy atom. The summed E-state index contributed by atoms with van der Waals surface area (Å²) in [5.41, 5.74) is 10.7. The molecule has 5 N–H and O–H groups in total. The zero-order chi connectivity index (χ0) is 9.84. The predicted octanol–water partition coefficient (Wildman–Crippen LogP) is -1.19. The highest BCUT2D eigenvalue weighted by Gasteiger charge is 2.07. The normalized spacial score (nSPS) is 10.0. The molecule has 0 unspecified atom stereocenters. The Morgan fingerprint density at radius 3 is 2.15 bits per heavy atom. The molecule has 1 heterocycles. The van der Waals surface area contributed by atoms with Gasteiger partial charge in [0.2, 0.25) is 17.8 Å². The summed E-state index contributed by atoms with van der Waals surface area (Å²) in [6.07, 6.45) is 0. The first-order chi connectivity index (χ1) is 6.17. The Bertz CT molecular complexity index is 266. The Kier molecular flexibility index (Phi) is 2.80. The molecule has 7 heteroatoms. The third-order valence-corrected chi connectivity index (χ3v) is 1.49. The molecule has 1 aromatic heterocycles. The number of hydrogen-bond acceptors (Lipinski definition) is 7. The molecule has 0 saturated carbocycles. The SMILES string of the molecule is CCN(CO)c1nc(N)nc(N)n1. The zero-order valence-electron chi connectivity index (χ0n) is 7.30. The number of aromatic nitrogens is 3. The smallest absolute Gasteiger partial charge is 0.233 e. The van der Waals surface area contributed by atoms with Gasteiger partial charge in [0.1, 0.15) is 6.73 Å². The van der Waals surface area contributed by atoms with Crippen molar-refractivity contribution in [2.75, 3.05) is 29.6 Å². The molecule has 13 heavy (non-hydrogen) atoms. The van der Waals surface area contributed by atoms with Gasteiger partial charge in [-0.1, -0.05) is 0 Å². The largest absolute Gasteiger partial charge is 0.376 e. The molecule has 0 spiro atoms. The van der Waals surface area contributed by atoms with E-state index in [2.05, 4.69) is 15.0 Å². The van der Waals surface area contributed by atoms with Gasteiger partial charge in [-0.25, -0.2) is 0 Å². The van der Waals surface area contributed by atoms with Gasteiger partial charge >= 0.3 is 0 Å². The van der Waals surface area contributed by atoms with Gasteiger partial charge in [-0.15, -0.1) is 0 Å². The van der Waals surface area contributed by atoms with E-state index in [0.29, 0.717) is 6.54 Å². The first-order valence-corrected chi connectivity index (χ1v) is 3.80. The van der Waals surface area contributed by atoms with E-state index in [0.717, 1.165) is 0 Å². The van der Waals surface area contributed by atoms with Gasteiger partial charge in [-0.05, 0) is 6.92 Å². The van der Waals surface area contributed by atoms with Gasteiger partial charge in [-0.2, -0.15) is 15.0 Å². The van der Waals surface area contributed by atoms with Crippen molar-refractivity contribution in [1.29, 1.82) is 0 Å². The Hall–Kier alpha value is -1.63. The second-order valence-electron chi connectivity index (χ2n) is 2.35. The van der Waals surface area contributed by atoms with E-state index in [9.17, 15) is 0 Å². The van der Waals surface area contributed by atoms with Crippen LogP contribution in [0.25, 0.3) is 0 Å². The van der Waals surface area contributed by atoms with Crippen molar-refractivity contribution >= 4 is 17.8 Å². The topological polar surface area (TPSA) is 114 Å². The summed E-state index contributed by atoms with van der Waals surface area (Å²) in [6.45, 7) is 2.24. The quantitative estimate of drug-likeness (QED) is 0.506. The fourth-order valence-corrected chi connectivity index (χ4v) is 0.843. The predicted molar refractivity (Wildman–Crippen MR) is 48.8 cm³/mol. The minimum atomic E-state index is -0.181. The highest BCUT2D eigenvalue weighted by molar-refractivity contribution is 5.38. The number of nitrogens with zero attached hydrogens (tertiary/aromatic N) is 4. The second kappa shape index (κ2) is 3.85. The maximum absolute atomic E-state index is 8.91. The van der Waals surface area contributed by atoms with Crippen LogP contribution in [0.1, 0.15) is 6.92 Å². The van der Waals surface area contributed by atoms with E-state index in [4.69, 9.17) is 16.6 Å². The Balaban J connectivity index is 2.99.